The second-order valence-electron chi connectivity index (χ2n) is 2.80. The lowest BCUT2D eigenvalue weighted by Crippen LogP contribution is -1.93. The summed E-state index contributed by atoms with van der Waals surface area (Å²) in [5.74, 6) is 0. The first-order valence-corrected chi connectivity index (χ1v) is 4.15. The molecular formula is C11H14O. The molecule has 0 aliphatic carbocycles. The van der Waals surface area contributed by atoms with Gasteiger partial charge < -0.3 is 5.11 Å². The molecule has 0 amide bonds. The van der Waals surface area contributed by atoms with Crippen molar-refractivity contribution in [2.75, 3.05) is 0 Å². The van der Waals surface area contributed by atoms with E-state index in [4.69, 9.17) is 0 Å². The maximum Gasteiger partial charge on any atom is 0.0767 e. The largest absolute Gasteiger partial charge is 0.389 e. The molecule has 64 valence electrons. The Morgan fingerprint density at radius 2 is 2.00 bits per heavy atom. The van der Waals surface area contributed by atoms with Crippen molar-refractivity contribution in [2.24, 2.45) is 0 Å². The molecule has 0 aliphatic heterocycles. The normalized spacial score (nSPS) is 13.6. The third kappa shape index (κ3) is 1.95. The van der Waals surface area contributed by atoms with E-state index in [0.29, 0.717) is 0 Å². The lowest BCUT2D eigenvalue weighted by atomic mass is 10.0. The number of aliphatic hydroxyl groups excluding tert-OH is 1. The summed E-state index contributed by atoms with van der Waals surface area (Å²) in [6, 6.07) is 7.86. The van der Waals surface area contributed by atoms with Crippen LogP contribution in [0.2, 0.25) is 0 Å². The third-order valence-electron chi connectivity index (χ3n) is 1.79. The molecule has 1 atom stereocenters. The summed E-state index contributed by atoms with van der Waals surface area (Å²) in [5, 5.41) is 9.40. The third-order valence-corrected chi connectivity index (χ3v) is 1.79. The fourth-order valence-electron chi connectivity index (χ4n) is 1.22. The van der Waals surface area contributed by atoms with Gasteiger partial charge in [-0.05, 0) is 25.0 Å². The Kier molecular flexibility index (Phi) is 3.06. The van der Waals surface area contributed by atoms with Crippen molar-refractivity contribution in [3.8, 4) is 0 Å². The molecule has 1 unspecified atom stereocenters. The maximum absolute atomic E-state index is 9.40. The van der Waals surface area contributed by atoms with Crippen molar-refractivity contribution >= 4 is 6.08 Å². The summed E-state index contributed by atoms with van der Waals surface area (Å²) in [6.45, 7) is 3.75. The van der Waals surface area contributed by atoms with Crippen LogP contribution < -0.4 is 0 Å². The van der Waals surface area contributed by atoms with Gasteiger partial charge in [0.25, 0.3) is 0 Å². The Morgan fingerprint density at radius 3 is 2.58 bits per heavy atom. The van der Waals surface area contributed by atoms with Crippen molar-refractivity contribution < 1.29 is 5.11 Å². The van der Waals surface area contributed by atoms with E-state index in [9.17, 15) is 5.11 Å². The predicted molar refractivity (Wildman–Crippen MR) is 51.8 cm³/mol. The monoisotopic (exact) mass is 162 g/mol. The van der Waals surface area contributed by atoms with E-state index in [-0.39, 0.29) is 0 Å². The molecule has 1 heteroatoms. The predicted octanol–water partition coefficient (Wildman–Crippen LogP) is 2.77. The molecule has 1 rings (SSSR count). The van der Waals surface area contributed by atoms with E-state index in [1.807, 2.05) is 43.3 Å². The van der Waals surface area contributed by atoms with Gasteiger partial charge in [-0.3, -0.25) is 0 Å². The summed E-state index contributed by atoms with van der Waals surface area (Å²) in [4.78, 5) is 0. The SMILES string of the molecule is C/C=C/c1ccccc1C(C)O. The van der Waals surface area contributed by atoms with Crippen LogP contribution in [0.3, 0.4) is 0 Å². The van der Waals surface area contributed by atoms with Crippen molar-refractivity contribution in [1.82, 2.24) is 0 Å². The summed E-state index contributed by atoms with van der Waals surface area (Å²) in [6.07, 6.45) is 3.58. The zero-order chi connectivity index (χ0) is 8.97. The molecule has 0 aliphatic rings. The molecule has 0 bridgehead atoms. The summed E-state index contributed by atoms with van der Waals surface area (Å²) < 4.78 is 0. The lowest BCUT2D eigenvalue weighted by Gasteiger charge is -2.07. The summed E-state index contributed by atoms with van der Waals surface area (Å²) >= 11 is 0. The Balaban J connectivity index is 3.08. The van der Waals surface area contributed by atoms with Crippen LogP contribution in [0.25, 0.3) is 6.08 Å². The highest BCUT2D eigenvalue weighted by molar-refractivity contribution is 5.53. The highest BCUT2D eigenvalue weighted by Gasteiger charge is 2.02. The van der Waals surface area contributed by atoms with Crippen molar-refractivity contribution in [2.45, 2.75) is 20.0 Å². The summed E-state index contributed by atoms with van der Waals surface area (Å²) in [7, 11) is 0. The molecule has 1 nitrogen and oxygen atoms in total. The van der Waals surface area contributed by atoms with Gasteiger partial charge in [-0.1, -0.05) is 36.4 Å². The molecule has 12 heavy (non-hydrogen) atoms. The van der Waals surface area contributed by atoms with E-state index >= 15 is 0 Å². The Morgan fingerprint density at radius 1 is 1.33 bits per heavy atom. The fourth-order valence-corrected chi connectivity index (χ4v) is 1.22. The fraction of sp³-hybridized carbons (Fsp3) is 0.273. The Labute approximate surface area is 73.4 Å². The van der Waals surface area contributed by atoms with Gasteiger partial charge in [0, 0.05) is 0 Å². The van der Waals surface area contributed by atoms with Gasteiger partial charge in [0.05, 0.1) is 6.10 Å². The van der Waals surface area contributed by atoms with Gasteiger partial charge in [-0.2, -0.15) is 0 Å². The molecule has 0 saturated carbocycles. The maximum atomic E-state index is 9.40. The first-order chi connectivity index (χ1) is 5.75. The molecule has 0 radical (unpaired) electrons. The Hall–Kier alpha value is -1.08. The minimum absolute atomic E-state index is 0.391. The van der Waals surface area contributed by atoms with Crippen molar-refractivity contribution in [3.63, 3.8) is 0 Å². The minimum Gasteiger partial charge on any atom is -0.389 e. The second kappa shape index (κ2) is 4.07. The van der Waals surface area contributed by atoms with Crippen LogP contribution >= 0.6 is 0 Å². The average molecular weight is 162 g/mol. The van der Waals surface area contributed by atoms with Crippen LogP contribution in [-0.4, -0.2) is 5.11 Å². The average Bonchev–Trinajstić information content (AvgIpc) is 2.05. The smallest absolute Gasteiger partial charge is 0.0767 e. The quantitative estimate of drug-likeness (QED) is 0.709. The molecule has 1 aromatic carbocycles. The zero-order valence-electron chi connectivity index (χ0n) is 7.49. The van der Waals surface area contributed by atoms with Crippen LogP contribution in [0.5, 0.6) is 0 Å². The van der Waals surface area contributed by atoms with E-state index in [2.05, 4.69) is 0 Å². The molecular weight excluding hydrogens is 148 g/mol. The number of hydrogen-bond acceptors (Lipinski definition) is 1. The highest BCUT2D eigenvalue weighted by Crippen LogP contribution is 2.18. The first kappa shape index (κ1) is 9.01. The van der Waals surface area contributed by atoms with Gasteiger partial charge in [0.15, 0.2) is 0 Å². The van der Waals surface area contributed by atoms with Crippen LogP contribution in [0, 0.1) is 0 Å². The van der Waals surface area contributed by atoms with Crippen LogP contribution in [0.1, 0.15) is 31.1 Å². The van der Waals surface area contributed by atoms with Crippen LogP contribution in [0.4, 0.5) is 0 Å². The summed E-state index contributed by atoms with van der Waals surface area (Å²) in [5.41, 5.74) is 2.07. The first-order valence-electron chi connectivity index (χ1n) is 4.15. The van der Waals surface area contributed by atoms with E-state index < -0.39 is 6.10 Å². The highest BCUT2D eigenvalue weighted by atomic mass is 16.3. The number of allylic oxidation sites excluding steroid dienone is 1. The number of benzene rings is 1. The van der Waals surface area contributed by atoms with Gasteiger partial charge in [0.2, 0.25) is 0 Å². The van der Waals surface area contributed by atoms with Crippen LogP contribution in [0.15, 0.2) is 30.3 Å². The van der Waals surface area contributed by atoms with Gasteiger partial charge in [0.1, 0.15) is 0 Å². The molecule has 0 saturated heterocycles. The molecule has 1 N–H and O–H groups in total. The molecule has 0 heterocycles. The standard InChI is InChI=1S/C11H14O/c1-3-6-10-7-4-5-8-11(10)9(2)12/h3-9,12H,1-2H3/b6-3+. The van der Waals surface area contributed by atoms with Gasteiger partial charge in [-0.25, -0.2) is 0 Å². The van der Waals surface area contributed by atoms with Crippen molar-refractivity contribution in [3.05, 3.63) is 41.5 Å². The number of hydrogen-bond donors (Lipinski definition) is 1. The van der Waals surface area contributed by atoms with E-state index in [1.165, 1.54) is 0 Å². The van der Waals surface area contributed by atoms with Crippen molar-refractivity contribution in [1.29, 1.82) is 0 Å². The topological polar surface area (TPSA) is 20.2 Å². The van der Waals surface area contributed by atoms with Gasteiger partial charge >= 0.3 is 0 Å². The molecule has 0 aromatic heterocycles. The number of rotatable bonds is 2. The van der Waals surface area contributed by atoms with E-state index in [1.54, 1.807) is 6.92 Å². The Bertz CT molecular complexity index is 274. The molecule has 1 aromatic rings. The van der Waals surface area contributed by atoms with E-state index in [0.717, 1.165) is 11.1 Å². The molecule has 0 spiro atoms. The number of aliphatic hydroxyl groups is 1. The second-order valence-corrected chi connectivity index (χ2v) is 2.80. The molecule has 0 fully saturated rings. The van der Waals surface area contributed by atoms with Crippen LogP contribution in [-0.2, 0) is 0 Å². The zero-order valence-corrected chi connectivity index (χ0v) is 7.49. The van der Waals surface area contributed by atoms with Gasteiger partial charge in [-0.15, -0.1) is 0 Å². The lowest BCUT2D eigenvalue weighted by molar-refractivity contribution is 0.199. The minimum atomic E-state index is -0.391.